The molecule has 0 aliphatic heterocycles. The lowest BCUT2D eigenvalue weighted by molar-refractivity contribution is 0.208. The summed E-state index contributed by atoms with van der Waals surface area (Å²) in [4.78, 5) is 4.35. The van der Waals surface area contributed by atoms with Crippen molar-refractivity contribution in [3.63, 3.8) is 0 Å². The zero-order chi connectivity index (χ0) is 16.8. The number of methoxy groups -OCH3 is 1. The first kappa shape index (κ1) is 17.2. The predicted molar refractivity (Wildman–Crippen MR) is 93.7 cm³/mol. The molecular weight excluding hydrogens is 314 g/mol. The predicted octanol–water partition coefficient (Wildman–Crippen LogP) is 4.98. The van der Waals surface area contributed by atoms with Gasteiger partial charge >= 0.3 is 0 Å². The van der Waals surface area contributed by atoms with Crippen molar-refractivity contribution in [1.29, 1.82) is 0 Å². The number of hydrogen-bond acceptors (Lipinski definition) is 4. The number of aliphatic imine (C=N–C) groups is 1. The summed E-state index contributed by atoms with van der Waals surface area (Å²) in [5.41, 5.74) is 1.54. The third kappa shape index (κ3) is 4.63. The lowest BCUT2D eigenvalue weighted by atomic mass is 10.2. The van der Waals surface area contributed by atoms with Crippen molar-refractivity contribution in [1.82, 2.24) is 0 Å². The van der Waals surface area contributed by atoms with E-state index in [1.807, 2.05) is 19.9 Å². The first-order valence-electron chi connectivity index (χ1n) is 7.40. The molecule has 23 heavy (non-hydrogen) atoms. The Morgan fingerprint density at radius 3 is 2.57 bits per heavy atom. The quantitative estimate of drug-likeness (QED) is 0.758. The van der Waals surface area contributed by atoms with Gasteiger partial charge in [0.2, 0.25) is 0 Å². The Morgan fingerprint density at radius 2 is 1.96 bits per heavy atom. The lowest BCUT2D eigenvalue weighted by Gasteiger charge is -2.17. The van der Waals surface area contributed by atoms with Crippen molar-refractivity contribution in [2.45, 2.75) is 26.4 Å². The number of benzene rings is 2. The third-order valence-corrected chi connectivity index (χ3v) is 3.64. The fourth-order valence-electron chi connectivity index (χ4n) is 1.90. The van der Waals surface area contributed by atoms with Gasteiger partial charge in [0, 0.05) is 6.21 Å². The van der Waals surface area contributed by atoms with Crippen LogP contribution in [-0.4, -0.2) is 24.5 Å². The van der Waals surface area contributed by atoms with Crippen LogP contribution in [-0.2, 0) is 0 Å². The molecule has 0 heterocycles. The number of aromatic hydroxyl groups is 1. The molecule has 0 aliphatic rings. The molecule has 2 aromatic carbocycles. The molecule has 4 nitrogen and oxygen atoms in total. The number of phenolic OH excluding ortho intramolecular Hbond substituents is 1. The molecule has 2 aromatic rings. The van der Waals surface area contributed by atoms with E-state index in [4.69, 9.17) is 21.1 Å². The maximum absolute atomic E-state index is 9.27. The molecule has 0 aliphatic carbocycles. The molecule has 0 unspecified atom stereocenters. The van der Waals surface area contributed by atoms with Gasteiger partial charge in [-0.2, -0.15) is 0 Å². The molecule has 2 rings (SSSR count). The molecule has 5 heteroatoms. The summed E-state index contributed by atoms with van der Waals surface area (Å²) in [5.74, 6) is 1.33. The van der Waals surface area contributed by atoms with E-state index in [1.165, 1.54) is 0 Å². The Labute approximate surface area is 141 Å². The summed E-state index contributed by atoms with van der Waals surface area (Å²) in [6.07, 6.45) is 2.62. The van der Waals surface area contributed by atoms with Crippen molar-refractivity contribution in [3.8, 4) is 17.2 Å². The summed E-state index contributed by atoms with van der Waals surface area (Å²) in [7, 11) is 1.58. The summed E-state index contributed by atoms with van der Waals surface area (Å²) >= 11 is 6.32. The smallest absolute Gasteiger partial charge is 0.180 e. The molecule has 0 fully saturated rings. The van der Waals surface area contributed by atoms with Gasteiger partial charge in [0.15, 0.2) is 11.5 Å². The van der Waals surface area contributed by atoms with Gasteiger partial charge in [-0.25, -0.2) is 0 Å². The van der Waals surface area contributed by atoms with E-state index in [1.54, 1.807) is 43.7 Å². The van der Waals surface area contributed by atoms with Crippen molar-refractivity contribution >= 4 is 23.5 Å². The Hall–Kier alpha value is -2.20. The summed E-state index contributed by atoms with van der Waals surface area (Å²) in [6, 6.07) is 10.2. The van der Waals surface area contributed by atoms with Crippen LogP contribution in [0.3, 0.4) is 0 Å². The molecule has 1 N–H and O–H groups in total. The minimum Gasteiger partial charge on any atom is -0.508 e. The van der Waals surface area contributed by atoms with E-state index in [9.17, 15) is 5.11 Å². The third-order valence-electron chi connectivity index (χ3n) is 3.36. The van der Waals surface area contributed by atoms with Gasteiger partial charge in [0.05, 0.1) is 23.9 Å². The maximum atomic E-state index is 9.27. The molecule has 0 saturated carbocycles. The van der Waals surface area contributed by atoms with Gasteiger partial charge in [-0.05, 0) is 55.3 Å². The first-order valence-corrected chi connectivity index (χ1v) is 7.78. The largest absolute Gasteiger partial charge is 0.508 e. The molecule has 0 saturated heterocycles. The minimum atomic E-state index is 0.0536. The number of ether oxygens (including phenoxy) is 2. The molecule has 122 valence electrons. The van der Waals surface area contributed by atoms with Gasteiger partial charge in [-0.3, -0.25) is 4.99 Å². The van der Waals surface area contributed by atoms with Crippen LogP contribution in [0.2, 0.25) is 5.02 Å². The van der Waals surface area contributed by atoms with Crippen LogP contribution < -0.4 is 9.47 Å². The minimum absolute atomic E-state index is 0.0536. The molecule has 0 bridgehead atoms. The Morgan fingerprint density at radius 1 is 1.26 bits per heavy atom. The number of halogens is 1. The summed E-state index contributed by atoms with van der Waals surface area (Å²) in [6.45, 7) is 4.03. The van der Waals surface area contributed by atoms with Crippen molar-refractivity contribution in [3.05, 3.63) is 47.0 Å². The number of nitrogens with zero attached hydrogens (tertiary/aromatic N) is 1. The second-order valence-electron chi connectivity index (χ2n) is 5.15. The van der Waals surface area contributed by atoms with E-state index in [0.717, 1.165) is 17.7 Å². The zero-order valence-corrected chi connectivity index (χ0v) is 14.2. The number of rotatable bonds is 6. The highest BCUT2D eigenvalue weighted by Crippen LogP contribution is 2.37. The van der Waals surface area contributed by atoms with E-state index >= 15 is 0 Å². The summed E-state index contributed by atoms with van der Waals surface area (Å²) < 4.78 is 11.2. The zero-order valence-electron chi connectivity index (χ0n) is 13.4. The fraction of sp³-hybridized carbons (Fsp3) is 0.278. The molecule has 1 atom stereocenters. The van der Waals surface area contributed by atoms with Crippen LogP contribution in [0.5, 0.6) is 17.2 Å². The van der Waals surface area contributed by atoms with Gasteiger partial charge in [-0.15, -0.1) is 0 Å². The second-order valence-corrected chi connectivity index (χ2v) is 5.55. The Bertz CT molecular complexity index is 683. The number of hydrogen-bond donors (Lipinski definition) is 1. The van der Waals surface area contributed by atoms with Crippen LogP contribution in [0, 0.1) is 0 Å². The SMILES string of the molecule is CC[C@H](C)Oc1c(Cl)cc(C=Nc2ccc(O)cc2)cc1OC. The number of phenols is 1. The molecule has 0 spiro atoms. The maximum Gasteiger partial charge on any atom is 0.180 e. The average Bonchev–Trinajstić information content (AvgIpc) is 2.56. The average molecular weight is 334 g/mol. The monoisotopic (exact) mass is 333 g/mol. The highest BCUT2D eigenvalue weighted by atomic mass is 35.5. The summed E-state index contributed by atoms with van der Waals surface area (Å²) in [5, 5.41) is 9.75. The molecule has 0 aromatic heterocycles. The standard InChI is InChI=1S/C18H20ClNO3/c1-4-12(2)23-18-16(19)9-13(10-17(18)22-3)11-20-14-5-7-15(21)8-6-14/h5-12,21H,4H2,1-3H3/t12-/m0/s1. The van der Waals surface area contributed by atoms with E-state index in [0.29, 0.717) is 16.5 Å². The highest BCUT2D eigenvalue weighted by Gasteiger charge is 2.13. The Kier molecular flexibility index (Phi) is 5.88. The first-order chi connectivity index (χ1) is 11.0. The van der Waals surface area contributed by atoms with Gasteiger partial charge < -0.3 is 14.6 Å². The lowest BCUT2D eigenvalue weighted by Crippen LogP contribution is -2.11. The topological polar surface area (TPSA) is 51.0 Å². The van der Waals surface area contributed by atoms with Crippen LogP contribution in [0.1, 0.15) is 25.8 Å². The van der Waals surface area contributed by atoms with Crippen molar-refractivity contribution < 1.29 is 14.6 Å². The van der Waals surface area contributed by atoms with Crippen LogP contribution >= 0.6 is 11.6 Å². The molecular formula is C18H20ClNO3. The van der Waals surface area contributed by atoms with Crippen molar-refractivity contribution in [2.75, 3.05) is 7.11 Å². The van der Waals surface area contributed by atoms with Crippen LogP contribution in [0.15, 0.2) is 41.4 Å². The highest BCUT2D eigenvalue weighted by molar-refractivity contribution is 6.32. The van der Waals surface area contributed by atoms with E-state index in [2.05, 4.69) is 4.99 Å². The van der Waals surface area contributed by atoms with E-state index < -0.39 is 0 Å². The normalized spacial score (nSPS) is 12.3. The van der Waals surface area contributed by atoms with Crippen LogP contribution in [0.25, 0.3) is 0 Å². The van der Waals surface area contributed by atoms with Gasteiger partial charge in [0.1, 0.15) is 5.75 Å². The molecule has 0 radical (unpaired) electrons. The van der Waals surface area contributed by atoms with Gasteiger partial charge in [-0.1, -0.05) is 18.5 Å². The second kappa shape index (κ2) is 7.88. The molecule has 0 amide bonds. The van der Waals surface area contributed by atoms with Crippen molar-refractivity contribution in [2.24, 2.45) is 4.99 Å². The van der Waals surface area contributed by atoms with Crippen LogP contribution in [0.4, 0.5) is 5.69 Å². The van der Waals surface area contributed by atoms with Gasteiger partial charge in [0.25, 0.3) is 0 Å². The Balaban J connectivity index is 2.26. The van der Waals surface area contributed by atoms with E-state index in [-0.39, 0.29) is 11.9 Å². The fourth-order valence-corrected chi connectivity index (χ4v) is 2.16.